The van der Waals surface area contributed by atoms with E-state index in [1.807, 2.05) is 0 Å². The van der Waals surface area contributed by atoms with Crippen molar-refractivity contribution in [1.82, 2.24) is 14.7 Å². The van der Waals surface area contributed by atoms with Crippen molar-refractivity contribution in [2.24, 2.45) is 0 Å². The molecule has 0 spiro atoms. The zero-order valence-electron chi connectivity index (χ0n) is 13.0. The van der Waals surface area contributed by atoms with Gasteiger partial charge in [0.25, 0.3) is 0 Å². The molecule has 0 amide bonds. The van der Waals surface area contributed by atoms with Crippen molar-refractivity contribution in [1.29, 1.82) is 0 Å². The number of thiazole rings is 1. The first-order valence-electron chi connectivity index (χ1n) is 7.65. The van der Waals surface area contributed by atoms with E-state index in [4.69, 9.17) is 9.72 Å². The Kier molecular flexibility index (Phi) is 4.47. The summed E-state index contributed by atoms with van der Waals surface area (Å²) in [7, 11) is 2.17. The Morgan fingerprint density at radius 2 is 2.24 bits per heavy atom. The monoisotopic (exact) mass is 308 g/mol. The number of rotatable bonds is 5. The summed E-state index contributed by atoms with van der Waals surface area (Å²) in [5.41, 5.74) is 1.26. The zero-order chi connectivity index (χ0) is 14.8. The van der Waals surface area contributed by atoms with E-state index in [-0.39, 0.29) is 0 Å². The van der Waals surface area contributed by atoms with Crippen LogP contribution >= 0.6 is 11.3 Å². The third-order valence-corrected chi connectivity index (χ3v) is 4.85. The summed E-state index contributed by atoms with van der Waals surface area (Å²) in [5.74, 6) is 1.11. The van der Waals surface area contributed by atoms with Crippen molar-refractivity contribution >= 4 is 22.1 Å². The molecule has 3 heterocycles. The van der Waals surface area contributed by atoms with E-state index in [1.54, 1.807) is 11.3 Å². The molecule has 21 heavy (non-hydrogen) atoms. The van der Waals surface area contributed by atoms with Gasteiger partial charge >= 0.3 is 0 Å². The summed E-state index contributed by atoms with van der Waals surface area (Å²) < 4.78 is 7.69. The number of imidazole rings is 1. The smallest absolute Gasteiger partial charge is 0.195 e. The van der Waals surface area contributed by atoms with Crippen LogP contribution in [0.2, 0.25) is 0 Å². The number of nitrogens with one attached hydrogen (secondary N) is 1. The molecule has 0 atom stereocenters. The minimum Gasteiger partial charge on any atom is -0.381 e. The summed E-state index contributed by atoms with van der Waals surface area (Å²) in [6, 6.07) is 0.997. The van der Waals surface area contributed by atoms with E-state index in [2.05, 4.69) is 47.1 Å². The maximum atomic E-state index is 5.48. The predicted octanol–water partition coefficient (Wildman–Crippen LogP) is 2.51. The van der Waals surface area contributed by atoms with Gasteiger partial charge in [0, 0.05) is 50.5 Å². The van der Waals surface area contributed by atoms with Crippen molar-refractivity contribution in [2.75, 3.05) is 25.2 Å². The van der Waals surface area contributed by atoms with Gasteiger partial charge in [-0.15, -0.1) is 11.3 Å². The lowest BCUT2D eigenvalue weighted by atomic mass is 10.1. The molecule has 0 aliphatic carbocycles. The quantitative estimate of drug-likeness (QED) is 0.921. The lowest BCUT2D eigenvalue weighted by Gasteiger charge is -2.32. The fraction of sp³-hybridized carbons (Fsp3) is 0.667. The normalized spacial score (nSPS) is 17.0. The van der Waals surface area contributed by atoms with Crippen molar-refractivity contribution in [3.8, 4) is 0 Å². The molecule has 6 heteroatoms. The molecule has 116 valence electrons. The van der Waals surface area contributed by atoms with Crippen LogP contribution in [0.3, 0.4) is 0 Å². The third-order valence-electron chi connectivity index (χ3n) is 4.09. The summed E-state index contributed by atoms with van der Waals surface area (Å²) in [6.07, 6.45) is 4.28. The number of hydrogen-bond acceptors (Lipinski definition) is 5. The van der Waals surface area contributed by atoms with Gasteiger partial charge in [0.05, 0.1) is 5.69 Å². The van der Waals surface area contributed by atoms with E-state index in [9.17, 15) is 0 Å². The van der Waals surface area contributed by atoms with Gasteiger partial charge in [-0.3, -0.25) is 4.40 Å². The first-order valence-corrected chi connectivity index (χ1v) is 8.53. The lowest BCUT2D eigenvalue weighted by Crippen LogP contribution is -2.37. The largest absolute Gasteiger partial charge is 0.381 e. The van der Waals surface area contributed by atoms with E-state index < -0.39 is 0 Å². The molecule has 0 saturated carbocycles. The first-order chi connectivity index (χ1) is 10.2. The van der Waals surface area contributed by atoms with Crippen LogP contribution in [0.4, 0.5) is 5.82 Å². The number of hydrogen-bond donors (Lipinski definition) is 1. The average Bonchev–Trinajstić information content (AvgIpc) is 3.06. The Bertz CT molecular complexity index is 586. The van der Waals surface area contributed by atoms with Crippen LogP contribution < -0.4 is 10.2 Å². The Morgan fingerprint density at radius 1 is 1.48 bits per heavy atom. The fourth-order valence-electron chi connectivity index (χ4n) is 2.81. The second-order valence-electron chi connectivity index (χ2n) is 5.93. The number of aromatic nitrogens is 2. The van der Waals surface area contributed by atoms with Crippen LogP contribution in [0.5, 0.6) is 0 Å². The van der Waals surface area contributed by atoms with Gasteiger partial charge in [-0.2, -0.15) is 0 Å². The summed E-state index contributed by atoms with van der Waals surface area (Å²) in [4.78, 5) is 8.27. The van der Waals surface area contributed by atoms with Crippen LogP contribution in [0.15, 0.2) is 11.6 Å². The highest BCUT2D eigenvalue weighted by atomic mass is 32.1. The van der Waals surface area contributed by atoms with Crippen LogP contribution in [-0.4, -0.2) is 41.7 Å². The third kappa shape index (κ3) is 3.07. The molecule has 2 aromatic rings. The second kappa shape index (κ2) is 6.34. The van der Waals surface area contributed by atoms with Gasteiger partial charge in [-0.25, -0.2) is 4.98 Å². The Balaban J connectivity index is 1.88. The molecule has 0 aromatic carbocycles. The SMILES string of the molecule is CC(C)NCc1c(N(C)C2CCOCC2)nc2sccn12. The zero-order valence-corrected chi connectivity index (χ0v) is 13.8. The molecule has 1 aliphatic heterocycles. The van der Waals surface area contributed by atoms with Crippen LogP contribution in [0.25, 0.3) is 4.96 Å². The van der Waals surface area contributed by atoms with Crippen LogP contribution in [0.1, 0.15) is 32.4 Å². The van der Waals surface area contributed by atoms with Crippen molar-refractivity contribution in [2.45, 2.75) is 45.3 Å². The van der Waals surface area contributed by atoms with Gasteiger partial charge in [0.1, 0.15) is 0 Å². The molecule has 1 N–H and O–H groups in total. The Morgan fingerprint density at radius 3 is 2.95 bits per heavy atom. The van der Waals surface area contributed by atoms with E-state index in [0.29, 0.717) is 12.1 Å². The number of fused-ring (bicyclic) bond motifs is 1. The van der Waals surface area contributed by atoms with Crippen LogP contribution in [0, 0.1) is 0 Å². The van der Waals surface area contributed by atoms with Gasteiger partial charge in [0.2, 0.25) is 0 Å². The minimum atomic E-state index is 0.468. The number of nitrogens with zero attached hydrogens (tertiary/aromatic N) is 3. The van der Waals surface area contributed by atoms with Gasteiger partial charge in [0.15, 0.2) is 10.8 Å². The topological polar surface area (TPSA) is 41.8 Å². The highest BCUT2D eigenvalue weighted by Gasteiger charge is 2.24. The first kappa shape index (κ1) is 14.8. The van der Waals surface area contributed by atoms with E-state index in [1.165, 1.54) is 5.69 Å². The highest BCUT2D eigenvalue weighted by Crippen LogP contribution is 2.27. The summed E-state index contributed by atoms with van der Waals surface area (Å²) >= 11 is 1.69. The maximum Gasteiger partial charge on any atom is 0.195 e. The van der Waals surface area contributed by atoms with Gasteiger partial charge in [-0.1, -0.05) is 13.8 Å². The van der Waals surface area contributed by atoms with E-state index in [0.717, 1.165) is 43.4 Å². The molecule has 0 unspecified atom stereocenters. The summed E-state index contributed by atoms with van der Waals surface area (Å²) in [5, 5.41) is 5.62. The Labute approximate surface area is 129 Å². The molecule has 1 aliphatic rings. The van der Waals surface area contributed by atoms with E-state index >= 15 is 0 Å². The summed E-state index contributed by atoms with van der Waals surface area (Å²) in [6.45, 7) is 6.91. The maximum absolute atomic E-state index is 5.48. The molecule has 2 aromatic heterocycles. The minimum absolute atomic E-state index is 0.468. The van der Waals surface area contributed by atoms with Gasteiger partial charge in [-0.05, 0) is 12.8 Å². The molecular weight excluding hydrogens is 284 g/mol. The molecule has 0 bridgehead atoms. The van der Waals surface area contributed by atoms with Crippen molar-refractivity contribution in [3.63, 3.8) is 0 Å². The number of ether oxygens (including phenoxy) is 1. The van der Waals surface area contributed by atoms with Crippen molar-refractivity contribution in [3.05, 3.63) is 17.3 Å². The molecule has 1 fully saturated rings. The molecular formula is C15H24N4OS. The van der Waals surface area contributed by atoms with Crippen molar-refractivity contribution < 1.29 is 4.74 Å². The van der Waals surface area contributed by atoms with Gasteiger partial charge < -0.3 is 15.0 Å². The molecule has 5 nitrogen and oxygen atoms in total. The molecule has 1 saturated heterocycles. The average molecular weight is 308 g/mol. The highest BCUT2D eigenvalue weighted by molar-refractivity contribution is 7.15. The lowest BCUT2D eigenvalue weighted by molar-refractivity contribution is 0.0853. The Hall–Kier alpha value is -1.11. The second-order valence-corrected chi connectivity index (χ2v) is 6.80. The molecule has 3 rings (SSSR count). The number of anilines is 1. The predicted molar refractivity (Wildman–Crippen MR) is 87.3 cm³/mol. The fourth-order valence-corrected chi connectivity index (χ4v) is 3.54. The molecule has 0 radical (unpaired) electrons. The standard InChI is InChI=1S/C15H24N4OS/c1-11(2)16-10-13-14(17-15-19(13)6-9-21-15)18(3)12-4-7-20-8-5-12/h6,9,11-12,16H,4-5,7-8,10H2,1-3H3. The van der Waals surface area contributed by atoms with Crippen LogP contribution in [-0.2, 0) is 11.3 Å².